The topological polar surface area (TPSA) is 77.1 Å². The summed E-state index contributed by atoms with van der Waals surface area (Å²) in [4.78, 5) is 22.2. The van der Waals surface area contributed by atoms with E-state index in [2.05, 4.69) is 15.0 Å². The summed E-state index contributed by atoms with van der Waals surface area (Å²) in [5.74, 6) is 0. The average Bonchev–Trinajstić information content (AvgIpc) is 2.36. The highest BCUT2D eigenvalue weighted by Gasteiger charge is 2.09. The van der Waals surface area contributed by atoms with E-state index in [1.54, 1.807) is 26.5 Å². The first-order chi connectivity index (χ1) is 8.22. The fraction of sp³-hybridized carbons (Fsp3) is 0.364. The van der Waals surface area contributed by atoms with Crippen molar-refractivity contribution in [2.45, 2.75) is 12.7 Å². The van der Waals surface area contributed by atoms with Crippen LogP contribution in [0.1, 0.15) is 5.69 Å². The van der Waals surface area contributed by atoms with E-state index in [1.165, 1.54) is 6.07 Å². The summed E-state index contributed by atoms with van der Waals surface area (Å²) in [6.07, 6.45) is 1.77. The molecule has 6 heteroatoms. The molecule has 0 saturated carbocycles. The minimum atomic E-state index is -0.343. The van der Waals surface area contributed by atoms with Gasteiger partial charge in [-0.2, -0.15) is 0 Å². The van der Waals surface area contributed by atoms with E-state index in [1.807, 2.05) is 0 Å². The number of aromatic nitrogens is 3. The van der Waals surface area contributed by atoms with Crippen LogP contribution in [0.5, 0.6) is 0 Å². The van der Waals surface area contributed by atoms with Crippen LogP contribution in [0.15, 0.2) is 23.1 Å². The summed E-state index contributed by atoms with van der Waals surface area (Å²) < 4.78 is 10.2. The molecule has 0 amide bonds. The summed E-state index contributed by atoms with van der Waals surface area (Å²) in [6, 6.07) is 3.06. The van der Waals surface area contributed by atoms with E-state index in [4.69, 9.17) is 9.47 Å². The zero-order chi connectivity index (χ0) is 12.3. The Kier molecular flexibility index (Phi) is 3.46. The molecule has 0 atom stereocenters. The third kappa shape index (κ3) is 2.66. The van der Waals surface area contributed by atoms with Crippen LogP contribution in [-0.4, -0.2) is 35.5 Å². The van der Waals surface area contributed by atoms with E-state index in [0.717, 1.165) is 5.69 Å². The Morgan fingerprint density at radius 3 is 2.82 bits per heavy atom. The number of methoxy groups -OCH3 is 2. The molecule has 0 fully saturated rings. The zero-order valence-electron chi connectivity index (χ0n) is 9.64. The SMILES string of the molecule is COC(Cc1cnc2[nH]c(=O)ccc2n1)OC. The zero-order valence-corrected chi connectivity index (χ0v) is 9.64. The Hall–Kier alpha value is -1.79. The number of H-pyrrole nitrogens is 1. The highest BCUT2D eigenvalue weighted by atomic mass is 16.7. The van der Waals surface area contributed by atoms with Crippen molar-refractivity contribution in [3.05, 3.63) is 34.4 Å². The number of rotatable bonds is 4. The largest absolute Gasteiger partial charge is 0.356 e. The highest BCUT2D eigenvalue weighted by molar-refractivity contribution is 5.68. The molecule has 0 aromatic carbocycles. The van der Waals surface area contributed by atoms with E-state index >= 15 is 0 Å². The molecule has 1 N–H and O–H groups in total. The lowest BCUT2D eigenvalue weighted by molar-refractivity contribution is -0.101. The maximum absolute atomic E-state index is 11.1. The van der Waals surface area contributed by atoms with Gasteiger partial charge in [0.15, 0.2) is 11.9 Å². The van der Waals surface area contributed by atoms with E-state index in [0.29, 0.717) is 17.6 Å². The van der Waals surface area contributed by atoms with Crippen molar-refractivity contribution in [3.8, 4) is 0 Å². The Morgan fingerprint density at radius 1 is 1.35 bits per heavy atom. The second kappa shape index (κ2) is 5.03. The first kappa shape index (κ1) is 11.7. The van der Waals surface area contributed by atoms with Crippen LogP contribution in [0.2, 0.25) is 0 Å². The van der Waals surface area contributed by atoms with Crippen LogP contribution in [0.3, 0.4) is 0 Å². The minimum absolute atomic E-state index is 0.189. The number of aromatic amines is 1. The van der Waals surface area contributed by atoms with Crippen molar-refractivity contribution >= 4 is 11.2 Å². The number of nitrogens with one attached hydrogen (secondary N) is 1. The summed E-state index contributed by atoms with van der Waals surface area (Å²) in [5.41, 5.74) is 1.69. The molecule has 6 nitrogen and oxygen atoms in total. The molecule has 0 bridgehead atoms. The maximum atomic E-state index is 11.1. The first-order valence-electron chi connectivity index (χ1n) is 5.13. The highest BCUT2D eigenvalue weighted by Crippen LogP contribution is 2.07. The minimum Gasteiger partial charge on any atom is -0.356 e. The van der Waals surface area contributed by atoms with Crippen LogP contribution >= 0.6 is 0 Å². The maximum Gasteiger partial charge on any atom is 0.249 e. The second-order valence-corrected chi connectivity index (χ2v) is 3.52. The predicted octanol–water partition coefficient (Wildman–Crippen LogP) is 0.479. The number of hydrogen-bond donors (Lipinski definition) is 1. The molecule has 0 aliphatic heterocycles. The average molecular weight is 235 g/mol. The second-order valence-electron chi connectivity index (χ2n) is 3.52. The lowest BCUT2D eigenvalue weighted by atomic mass is 10.3. The van der Waals surface area contributed by atoms with Crippen molar-refractivity contribution < 1.29 is 9.47 Å². The summed E-state index contributed by atoms with van der Waals surface area (Å²) >= 11 is 0. The molecule has 2 heterocycles. The smallest absolute Gasteiger partial charge is 0.249 e. The van der Waals surface area contributed by atoms with Gasteiger partial charge in [0.25, 0.3) is 0 Å². The third-order valence-electron chi connectivity index (χ3n) is 2.39. The van der Waals surface area contributed by atoms with Crippen LogP contribution in [-0.2, 0) is 15.9 Å². The molecular weight excluding hydrogens is 222 g/mol. The molecular formula is C11H13N3O3. The fourth-order valence-corrected chi connectivity index (χ4v) is 1.50. The van der Waals surface area contributed by atoms with Crippen molar-refractivity contribution in [3.63, 3.8) is 0 Å². The number of pyridine rings is 1. The standard InChI is InChI=1S/C11H13N3O3/c1-16-10(17-2)5-7-6-12-11-8(13-7)3-4-9(15)14-11/h3-4,6,10H,5H2,1-2H3,(H,12,14,15). The lowest BCUT2D eigenvalue weighted by Crippen LogP contribution is -2.17. The van der Waals surface area contributed by atoms with Crippen LogP contribution in [0, 0.1) is 0 Å². The normalized spacial score (nSPS) is 11.2. The Morgan fingerprint density at radius 2 is 2.12 bits per heavy atom. The number of hydrogen-bond acceptors (Lipinski definition) is 5. The van der Waals surface area contributed by atoms with Crippen molar-refractivity contribution in [1.82, 2.24) is 15.0 Å². The molecule has 0 spiro atoms. The molecule has 0 aliphatic rings. The molecule has 2 aromatic heterocycles. The summed E-state index contributed by atoms with van der Waals surface area (Å²) in [6.45, 7) is 0. The van der Waals surface area contributed by atoms with Gasteiger partial charge in [-0.05, 0) is 6.07 Å². The van der Waals surface area contributed by atoms with E-state index < -0.39 is 0 Å². The van der Waals surface area contributed by atoms with Crippen LogP contribution in [0.4, 0.5) is 0 Å². The summed E-state index contributed by atoms with van der Waals surface area (Å²) in [5, 5.41) is 0. The fourth-order valence-electron chi connectivity index (χ4n) is 1.50. The van der Waals surface area contributed by atoms with Crippen molar-refractivity contribution in [2.75, 3.05) is 14.2 Å². The molecule has 2 rings (SSSR count). The van der Waals surface area contributed by atoms with E-state index in [9.17, 15) is 4.79 Å². The molecule has 17 heavy (non-hydrogen) atoms. The predicted molar refractivity (Wildman–Crippen MR) is 61.7 cm³/mol. The van der Waals surface area contributed by atoms with Gasteiger partial charge in [-0.3, -0.25) is 4.79 Å². The summed E-state index contributed by atoms with van der Waals surface area (Å²) in [7, 11) is 3.14. The van der Waals surface area contributed by atoms with Gasteiger partial charge in [-0.25, -0.2) is 9.97 Å². The molecule has 90 valence electrons. The molecule has 0 unspecified atom stereocenters. The van der Waals surface area contributed by atoms with Gasteiger partial charge < -0.3 is 14.5 Å². The monoisotopic (exact) mass is 235 g/mol. The Labute approximate surface area is 97.6 Å². The van der Waals surface area contributed by atoms with Gasteiger partial charge >= 0.3 is 0 Å². The van der Waals surface area contributed by atoms with E-state index in [-0.39, 0.29) is 11.8 Å². The number of fused-ring (bicyclic) bond motifs is 1. The first-order valence-corrected chi connectivity index (χ1v) is 5.13. The van der Waals surface area contributed by atoms with Crippen LogP contribution in [0.25, 0.3) is 11.2 Å². The Bertz CT molecular complexity index is 563. The molecule has 0 radical (unpaired) electrons. The van der Waals surface area contributed by atoms with Crippen LogP contribution < -0.4 is 5.56 Å². The molecule has 0 aliphatic carbocycles. The van der Waals surface area contributed by atoms with Gasteiger partial charge in [0.2, 0.25) is 5.56 Å². The Balaban J connectivity index is 2.31. The van der Waals surface area contributed by atoms with Crippen molar-refractivity contribution in [1.29, 1.82) is 0 Å². The lowest BCUT2D eigenvalue weighted by Gasteiger charge is -2.12. The van der Waals surface area contributed by atoms with Gasteiger partial charge in [0.05, 0.1) is 11.9 Å². The molecule has 2 aromatic rings. The number of nitrogens with zero attached hydrogens (tertiary/aromatic N) is 2. The third-order valence-corrected chi connectivity index (χ3v) is 2.39. The van der Waals surface area contributed by atoms with Crippen molar-refractivity contribution in [2.24, 2.45) is 0 Å². The van der Waals surface area contributed by atoms with Gasteiger partial charge in [-0.15, -0.1) is 0 Å². The van der Waals surface area contributed by atoms with Gasteiger partial charge in [0.1, 0.15) is 5.52 Å². The van der Waals surface area contributed by atoms with Gasteiger partial charge in [-0.1, -0.05) is 0 Å². The quantitative estimate of drug-likeness (QED) is 0.780. The molecule has 0 saturated heterocycles. The number of ether oxygens (including phenoxy) is 2. The van der Waals surface area contributed by atoms with Gasteiger partial charge in [0, 0.05) is 26.7 Å².